The van der Waals surface area contributed by atoms with Crippen molar-refractivity contribution in [3.8, 4) is 0 Å². The van der Waals surface area contributed by atoms with Gasteiger partial charge < -0.3 is 15.5 Å². The van der Waals surface area contributed by atoms with Gasteiger partial charge in [0.1, 0.15) is 0 Å². The lowest BCUT2D eigenvalue weighted by Gasteiger charge is -1.95. The number of benzene rings is 1. The summed E-state index contributed by atoms with van der Waals surface area (Å²) < 4.78 is 4.79. The molecule has 0 aliphatic rings. The van der Waals surface area contributed by atoms with Gasteiger partial charge in [-0.05, 0) is 30.7 Å². The van der Waals surface area contributed by atoms with E-state index in [9.17, 15) is 4.79 Å². The number of nitrogen functional groups attached to an aromatic ring is 1. The second-order valence-electron chi connectivity index (χ2n) is 3.48. The van der Waals surface area contributed by atoms with Crippen molar-refractivity contribution in [3.63, 3.8) is 0 Å². The molecule has 1 heterocycles. The number of ether oxygens (including phenoxy) is 1. The van der Waals surface area contributed by atoms with Gasteiger partial charge in [-0.2, -0.15) is 0 Å². The summed E-state index contributed by atoms with van der Waals surface area (Å²) in [5.41, 5.74) is 8.07. The maximum Gasteiger partial charge on any atom is 0.330 e. The number of imidazole rings is 1. The standard InChI is InChI=1S/C12H13N3O2/c1-2-17-11(16)6-4-8-3-5-9-10(7-8)15-12(13)14-9/h3-7H,2H2,1H3,(H3,13,14,15)/b6-4+. The lowest BCUT2D eigenvalue weighted by atomic mass is 10.2. The first-order chi connectivity index (χ1) is 8.19. The van der Waals surface area contributed by atoms with Gasteiger partial charge in [0.2, 0.25) is 0 Å². The molecule has 0 radical (unpaired) electrons. The molecule has 0 fully saturated rings. The number of hydrogen-bond donors (Lipinski definition) is 2. The number of hydrogen-bond acceptors (Lipinski definition) is 4. The molecule has 0 saturated carbocycles. The fourth-order valence-electron chi connectivity index (χ4n) is 1.51. The van der Waals surface area contributed by atoms with Crippen LogP contribution in [0.5, 0.6) is 0 Å². The summed E-state index contributed by atoms with van der Waals surface area (Å²) in [4.78, 5) is 18.1. The van der Waals surface area contributed by atoms with E-state index in [-0.39, 0.29) is 5.97 Å². The average Bonchev–Trinajstić information content (AvgIpc) is 2.66. The zero-order valence-corrected chi connectivity index (χ0v) is 9.43. The van der Waals surface area contributed by atoms with Crippen LogP contribution in [0.15, 0.2) is 24.3 Å². The third-order valence-electron chi connectivity index (χ3n) is 2.22. The maximum absolute atomic E-state index is 11.1. The SMILES string of the molecule is CCOC(=O)/C=C/c1ccc2nc(N)[nH]c2c1. The number of carbonyl (C=O) groups is 1. The van der Waals surface area contributed by atoms with E-state index < -0.39 is 0 Å². The Morgan fingerprint density at radius 2 is 2.41 bits per heavy atom. The molecule has 0 bridgehead atoms. The Labute approximate surface area is 98.3 Å². The molecule has 0 saturated heterocycles. The fraction of sp³-hybridized carbons (Fsp3) is 0.167. The highest BCUT2D eigenvalue weighted by Crippen LogP contribution is 2.15. The minimum atomic E-state index is -0.350. The third kappa shape index (κ3) is 2.63. The molecule has 0 amide bonds. The molecule has 2 rings (SSSR count). The highest BCUT2D eigenvalue weighted by atomic mass is 16.5. The molecule has 88 valence electrons. The van der Waals surface area contributed by atoms with Crippen molar-refractivity contribution in [2.75, 3.05) is 12.3 Å². The first-order valence-electron chi connectivity index (χ1n) is 5.29. The van der Waals surface area contributed by atoms with Gasteiger partial charge in [0.25, 0.3) is 0 Å². The largest absolute Gasteiger partial charge is 0.463 e. The minimum absolute atomic E-state index is 0.350. The molecule has 0 aliphatic heterocycles. The lowest BCUT2D eigenvalue weighted by Crippen LogP contribution is -1.98. The Morgan fingerprint density at radius 3 is 3.18 bits per heavy atom. The smallest absolute Gasteiger partial charge is 0.330 e. The zero-order valence-electron chi connectivity index (χ0n) is 9.43. The van der Waals surface area contributed by atoms with Gasteiger partial charge in [-0.1, -0.05) is 6.07 Å². The van der Waals surface area contributed by atoms with Gasteiger partial charge in [0, 0.05) is 6.08 Å². The van der Waals surface area contributed by atoms with E-state index in [1.165, 1.54) is 6.08 Å². The summed E-state index contributed by atoms with van der Waals surface area (Å²) >= 11 is 0. The molecule has 0 aliphatic carbocycles. The van der Waals surface area contributed by atoms with Crippen molar-refractivity contribution < 1.29 is 9.53 Å². The topological polar surface area (TPSA) is 81.0 Å². The van der Waals surface area contributed by atoms with E-state index in [1.807, 2.05) is 18.2 Å². The van der Waals surface area contributed by atoms with E-state index in [0.29, 0.717) is 12.6 Å². The number of esters is 1. The summed E-state index contributed by atoms with van der Waals surface area (Å²) in [7, 11) is 0. The van der Waals surface area contributed by atoms with Crippen LogP contribution in [0.3, 0.4) is 0 Å². The minimum Gasteiger partial charge on any atom is -0.463 e. The van der Waals surface area contributed by atoms with Crippen LogP contribution >= 0.6 is 0 Å². The second-order valence-corrected chi connectivity index (χ2v) is 3.48. The number of aromatic nitrogens is 2. The van der Waals surface area contributed by atoms with Crippen molar-refractivity contribution in [1.82, 2.24) is 9.97 Å². The normalized spacial score (nSPS) is 11.1. The summed E-state index contributed by atoms with van der Waals surface area (Å²) in [5.74, 6) is 0.0308. The van der Waals surface area contributed by atoms with Crippen molar-refractivity contribution in [2.24, 2.45) is 0 Å². The van der Waals surface area contributed by atoms with Gasteiger partial charge in [0.05, 0.1) is 17.6 Å². The monoisotopic (exact) mass is 231 g/mol. The van der Waals surface area contributed by atoms with Gasteiger partial charge in [-0.25, -0.2) is 9.78 Å². The predicted octanol–water partition coefficient (Wildman–Crippen LogP) is 1.72. The Kier molecular flexibility index (Phi) is 3.09. The number of rotatable bonds is 3. The molecule has 2 aromatic rings. The van der Waals surface area contributed by atoms with Gasteiger partial charge in [0.15, 0.2) is 5.95 Å². The average molecular weight is 231 g/mol. The summed E-state index contributed by atoms with van der Waals surface area (Å²) in [5, 5.41) is 0. The van der Waals surface area contributed by atoms with E-state index in [2.05, 4.69) is 9.97 Å². The van der Waals surface area contributed by atoms with Crippen molar-refractivity contribution in [1.29, 1.82) is 0 Å². The molecule has 1 aromatic heterocycles. The van der Waals surface area contributed by atoms with E-state index in [1.54, 1.807) is 13.0 Å². The third-order valence-corrected chi connectivity index (χ3v) is 2.22. The first-order valence-corrected chi connectivity index (χ1v) is 5.29. The fourth-order valence-corrected chi connectivity index (χ4v) is 1.51. The van der Waals surface area contributed by atoms with Gasteiger partial charge in [-0.3, -0.25) is 0 Å². The highest BCUT2D eigenvalue weighted by molar-refractivity contribution is 5.88. The molecule has 0 spiro atoms. The number of aromatic amines is 1. The number of carbonyl (C=O) groups excluding carboxylic acids is 1. The van der Waals surface area contributed by atoms with Crippen LogP contribution in [0.2, 0.25) is 0 Å². The number of nitrogens with zero attached hydrogens (tertiary/aromatic N) is 1. The van der Waals surface area contributed by atoms with Crippen LogP contribution in [-0.2, 0) is 9.53 Å². The molecule has 5 nitrogen and oxygen atoms in total. The van der Waals surface area contributed by atoms with Crippen molar-refractivity contribution in [2.45, 2.75) is 6.92 Å². The van der Waals surface area contributed by atoms with Crippen LogP contribution < -0.4 is 5.73 Å². The Morgan fingerprint density at radius 1 is 1.59 bits per heavy atom. The zero-order chi connectivity index (χ0) is 12.3. The number of H-pyrrole nitrogens is 1. The molecule has 3 N–H and O–H groups in total. The molecule has 0 atom stereocenters. The van der Waals surface area contributed by atoms with Gasteiger partial charge in [-0.15, -0.1) is 0 Å². The Balaban J connectivity index is 2.21. The van der Waals surface area contributed by atoms with E-state index in [0.717, 1.165) is 16.6 Å². The quantitative estimate of drug-likeness (QED) is 0.622. The Bertz CT molecular complexity index is 572. The number of fused-ring (bicyclic) bond motifs is 1. The molecule has 5 heteroatoms. The summed E-state index contributed by atoms with van der Waals surface area (Å²) in [6.07, 6.45) is 3.08. The summed E-state index contributed by atoms with van der Waals surface area (Å²) in [6, 6.07) is 5.57. The van der Waals surface area contributed by atoms with Crippen LogP contribution in [0.25, 0.3) is 17.1 Å². The van der Waals surface area contributed by atoms with E-state index >= 15 is 0 Å². The molecular weight excluding hydrogens is 218 g/mol. The van der Waals surface area contributed by atoms with Gasteiger partial charge >= 0.3 is 5.97 Å². The van der Waals surface area contributed by atoms with Crippen LogP contribution in [0.1, 0.15) is 12.5 Å². The second kappa shape index (κ2) is 4.69. The molecule has 1 aromatic carbocycles. The predicted molar refractivity (Wildman–Crippen MR) is 66.2 cm³/mol. The highest BCUT2D eigenvalue weighted by Gasteiger charge is 2.00. The van der Waals surface area contributed by atoms with Crippen molar-refractivity contribution >= 4 is 29.0 Å². The number of nitrogens with one attached hydrogen (secondary N) is 1. The van der Waals surface area contributed by atoms with Crippen LogP contribution in [-0.4, -0.2) is 22.5 Å². The van der Waals surface area contributed by atoms with Crippen molar-refractivity contribution in [3.05, 3.63) is 29.8 Å². The lowest BCUT2D eigenvalue weighted by molar-refractivity contribution is -0.137. The molecule has 17 heavy (non-hydrogen) atoms. The Hall–Kier alpha value is -2.30. The number of anilines is 1. The maximum atomic E-state index is 11.1. The van der Waals surface area contributed by atoms with Crippen LogP contribution in [0.4, 0.5) is 5.95 Å². The molecular formula is C12H13N3O2. The molecule has 0 unspecified atom stereocenters. The summed E-state index contributed by atoms with van der Waals surface area (Å²) in [6.45, 7) is 2.14. The first kappa shape index (κ1) is 11.2. The number of nitrogens with two attached hydrogens (primary N) is 1. The van der Waals surface area contributed by atoms with Crippen LogP contribution in [0, 0.1) is 0 Å². The van der Waals surface area contributed by atoms with E-state index in [4.69, 9.17) is 10.5 Å².